The topological polar surface area (TPSA) is 63.7 Å². The second-order valence-corrected chi connectivity index (χ2v) is 6.62. The zero-order chi connectivity index (χ0) is 17.5. The highest BCUT2D eigenvalue weighted by molar-refractivity contribution is 6.21. The molecule has 24 heavy (non-hydrogen) atoms. The number of benzene rings is 2. The van der Waals surface area contributed by atoms with E-state index in [2.05, 4.69) is 0 Å². The molecule has 5 nitrogen and oxygen atoms in total. The Labute approximate surface area is 139 Å². The zero-order valence-electron chi connectivity index (χ0n) is 13.7. The van der Waals surface area contributed by atoms with Crippen LogP contribution in [-0.2, 0) is 10.3 Å². The number of hydroxylamine groups is 2. The van der Waals surface area contributed by atoms with Gasteiger partial charge in [-0.05, 0) is 29.2 Å². The molecule has 1 heterocycles. The second kappa shape index (κ2) is 5.60. The lowest BCUT2D eigenvalue weighted by Crippen LogP contribution is -2.33. The van der Waals surface area contributed by atoms with Gasteiger partial charge in [0.05, 0.1) is 16.7 Å². The SMILES string of the molecule is CC(C)(C)c1ccccc1C(=O)ON1C(=O)c2ccccc2C1=O. The molecule has 3 rings (SSSR count). The highest BCUT2D eigenvalue weighted by atomic mass is 16.7. The third-order valence-electron chi connectivity index (χ3n) is 3.89. The van der Waals surface area contributed by atoms with Crippen molar-refractivity contribution in [2.24, 2.45) is 0 Å². The molecule has 2 amide bonds. The van der Waals surface area contributed by atoms with Gasteiger partial charge in [-0.3, -0.25) is 9.59 Å². The molecule has 0 atom stereocenters. The van der Waals surface area contributed by atoms with Gasteiger partial charge in [0.1, 0.15) is 0 Å². The van der Waals surface area contributed by atoms with Crippen molar-refractivity contribution in [2.45, 2.75) is 26.2 Å². The van der Waals surface area contributed by atoms with Crippen LogP contribution < -0.4 is 0 Å². The van der Waals surface area contributed by atoms with Crippen molar-refractivity contribution in [1.82, 2.24) is 5.06 Å². The normalized spacial score (nSPS) is 13.9. The van der Waals surface area contributed by atoms with E-state index in [0.717, 1.165) is 5.56 Å². The van der Waals surface area contributed by atoms with Gasteiger partial charge in [0.2, 0.25) is 0 Å². The molecular weight excluding hydrogens is 306 g/mol. The Kier molecular flexibility index (Phi) is 3.72. The van der Waals surface area contributed by atoms with Crippen LogP contribution in [0, 0.1) is 0 Å². The predicted octanol–water partition coefficient (Wildman–Crippen LogP) is 3.35. The summed E-state index contributed by atoms with van der Waals surface area (Å²) in [6, 6.07) is 13.4. The van der Waals surface area contributed by atoms with Crippen LogP contribution in [0.25, 0.3) is 0 Å². The van der Waals surface area contributed by atoms with E-state index in [1.54, 1.807) is 24.3 Å². The first-order valence-electron chi connectivity index (χ1n) is 7.60. The molecule has 5 heteroatoms. The summed E-state index contributed by atoms with van der Waals surface area (Å²) in [5.41, 5.74) is 1.31. The van der Waals surface area contributed by atoms with Gasteiger partial charge in [-0.15, -0.1) is 0 Å². The Morgan fingerprint density at radius 1 is 0.875 bits per heavy atom. The van der Waals surface area contributed by atoms with Crippen molar-refractivity contribution < 1.29 is 19.2 Å². The Balaban J connectivity index is 1.90. The Hall–Kier alpha value is -2.95. The van der Waals surface area contributed by atoms with Crippen LogP contribution in [0.1, 0.15) is 57.4 Å². The number of nitrogens with zero attached hydrogens (tertiary/aromatic N) is 1. The van der Waals surface area contributed by atoms with Crippen LogP contribution in [0.3, 0.4) is 0 Å². The quantitative estimate of drug-likeness (QED) is 0.795. The van der Waals surface area contributed by atoms with Crippen molar-refractivity contribution in [2.75, 3.05) is 0 Å². The molecule has 0 N–H and O–H groups in total. The van der Waals surface area contributed by atoms with Gasteiger partial charge >= 0.3 is 5.97 Å². The van der Waals surface area contributed by atoms with E-state index >= 15 is 0 Å². The first kappa shape index (κ1) is 15.9. The first-order chi connectivity index (χ1) is 11.3. The summed E-state index contributed by atoms with van der Waals surface area (Å²) in [5, 5.41) is 0.534. The van der Waals surface area contributed by atoms with Crippen LogP contribution in [0.5, 0.6) is 0 Å². The molecule has 122 valence electrons. The van der Waals surface area contributed by atoms with E-state index in [1.807, 2.05) is 32.9 Å². The number of rotatable bonds is 2. The summed E-state index contributed by atoms with van der Waals surface area (Å²) in [6.45, 7) is 5.92. The largest absolute Gasteiger partial charge is 0.364 e. The zero-order valence-corrected chi connectivity index (χ0v) is 13.7. The number of hydrogen-bond acceptors (Lipinski definition) is 4. The lowest BCUT2D eigenvalue weighted by Gasteiger charge is -2.22. The molecule has 2 aromatic carbocycles. The van der Waals surface area contributed by atoms with Gasteiger partial charge in [-0.25, -0.2) is 4.79 Å². The summed E-state index contributed by atoms with van der Waals surface area (Å²) in [4.78, 5) is 42.2. The fraction of sp³-hybridized carbons (Fsp3) is 0.211. The van der Waals surface area contributed by atoms with Gasteiger partial charge in [-0.1, -0.05) is 56.2 Å². The minimum Gasteiger partial charge on any atom is -0.324 e. The smallest absolute Gasteiger partial charge is 0.324 e. The van der Waals surface area contributed by atoms with Gasteiger partial charge < -0.3 is 4.84 Å². The molecule has 2 aromatic rings. The maximum Gasteiger partial charge on any atom is 0.364 e. The lowest BCUT2D eigenvalue weighted by atomic mass is 9.84. The van der Waals surface area contributed by atoms with Gasteiger partial charge in [0, 0.05) is 0 Å². The molecule has 1 aliphatic rings. The van der Waals surface area contributed by atoms with E-state index in [4.69, 9.17) is 4.84 Å². The number of amides is 2. The third-order valence-corrected chi connectivity index (χ3v) is 3.89. The highest BCUT2D eigenvalue weighted by Crippen LogP contribution is 2.28. The van der Waals surface area contributed by atoms with Gasteiger partial charge in [-0.2, -0.15) is 0 Å². The Morgan fingerprint density at radius 3 is 1.92 bits per heavy atom. The van der Waals surface area contributed by atoms with Crippen molar-refractivity contribution >= 4 is 17.8 Å². The molecule has 0 fully saturated rings. The standard InChI is InChI=1S/C19H17NO4/c1-19(2,3)15-11-7-6-10-14(15)18(23)24-20-16(21)12-8-4-5-9-13(12)17(20)22/h4-11H,1-3H3. The van der Waals surface area contributed by atoms with E-state index in [0.29, 0.717) is 10.6 Å². The van der Waals surface area contributed by atoms with Crippen LogP contribution >= 0.6 is 0 Å². The van der Waals surface area contributed by atoms with Crippen LogP contribution in [-0.4, -0.2) is 22.8 Å². The van der Waals surface area contributed by atoms with Crippen molar-refractivity contribution in [1.29, 1.82) is 0 Å². The summed E-state index contributed by atoms with van der Waals surface area (Å²) < 4.78 is 0. The maximum atomic E-state index is 12.5. The first-order valence-corrected chi connectivity index (χ1v) is 7.60. The Bertz CT molecular complexity index is 813. The highest BCUT2D eigenvalue weighted by Gasteiger charge is 2.39. The third kappa shape index (κ3) is 2.58. The second-order valence-electron chi connectivity index (χ2n) is 6.62. The molecule has 0 spiro atoms. The van der Waals surface area contributed by atoms with Crippen molar-refractivity contribution in [3.8, 4) is 0 Å². The minimum absolute atomic E-state index is 0.236. The summed E-state index contributed by atoms with van der Waals surface area (Å²) in [7, 11) is 0. The molecule has 0 radical (unpaired) electrons. The molecule has 0 aromatic heterocycles. The minimum atomic E-state index is -0.727. The van der Waals surface area contributed by atoms with Crippen LogP contribution in [0.15, 0.2) is 48.5 Å². The van der Waals surface area contributed by atoms with Crippen molar-refractivity contribution in [3.63, 3.8) is 0 Å². The lowest BCUT2D eigenvalue weighted by molar-refractivity contribution is -0.0585. The van der Waals surface area contributed by atoms with E-state index in [-0.39, 0.29) is 16.5 Å². The molecule has 1 aliphatic heterocycles. The summed E-state index contributed by atoms with van der Waals surface area (Å²) in [5.74, 6) is -1.98. The fourth-order valence-corrected chi connectivity index (χ4v) is 2.70. The predicted molar refractivity (Wildman–Crippen MR) is 87.5 cm³/mol. The fourth-order valence-electron chi connectivity index (χ4n) is 2.70. The number of imide groups is 1. The molecule has 0 aliphatic carbocycles. The average molecular weight is 323 g/mol. The van der Waals surface area contributed by atoms with Crippen LogP contribution in [0.2, 0.25) is 0 Å². The molecule has 0 saturated heterocycles. The van der Waals surface area contributed by atoms with Crippen molar-refractivity contribution in [3.05, 3.63) is 70.8 Å². The monoisotopic (exact) mass is 323 g/mol. The summed E-state index contributed by atoms with van der Waals surface area (Å²) >= 11 is 0. The average Bonchev–Trinajstić information content (AvgIpc) is 2.79. The van der Waals surface area contributed by atoms with Crippen LogP contribution in [0.4, 0.5) is 0 Å². The molecule has 0 saturated carbocycles. The van der Waals surface area contributed by atoms with E-state index in [1.165, 1.54) is 12.1 Å². The molecule has 0 unspecified atom stereocenters. The van der Waals surface area contributed by atoms with Gasteiger partial charge in [0.15, 0.2) is 0 Å². The summed E-state index contributed by atoms with van der Waals surface area (Å²) in [6.07, 6.45) is 0. The maximum absolute atomic E-state index is 12.5. The molecule has 0 bridgehead atoms. The molecular formula is C19H17NO4. The Morgan fingerprint density at radius 2 is 1.38 bits per heavy atom. The van der Waals surface area contributed by atoms with Gasteiger partial charge in [0.25, 0.3) is 11.8 Å². The number of fused-ring (bicyclic) bond motifs is 1. The van der Waals surface area contributed by atoms with E-state index < -0.39 is 17.8 Å². The number of carbonyl (C=O) groups is 3. The number of carbonyl (C=O) groups excluding carboxylic acids is 3. The van der Waals surface area contributed by atoms with E-state index in [9.17, 15) is 14.4 Å². The number of hydrogen-bond donors (Lipinski definition) is 0.